The van der Waals surface area contributed by atoms with Gasteiger partial charge >= 0.3 is 0 Å². The molecule has 17 heavy (non-hydrogen) atoms. The highest BCUT2D eigenvalue weighted by molar-refractivity contribution is 5.08. The second-order valence-corrected chi connectivity index (χ2v) is 5.31. The summed E-state index contributed by atoms with van der Waals surface area (Å²) in [5.74, 6) is 0.814. The molecule has 1 aliphatic rings. The summed E-state index contributed by atoms with van der Waals surface area (Å²) in [5.41, 5.74) is 1.32. The van der Waals surface area contributed by atoms with Crippen molar-refractivity contribution in [1.82, 2.24) is 15.2 Å². The largest absolute Gasteiger partial charge is 0.314 e. The van der Waals surface area contributed by atoms with E-state index in [-0.39, 0.29) is 0 Å². The van der Waals surface area contributed by atoms with Gasteiger partial charge in [-0.1, -0.05) is 19.9 Å². The molecule has 0 amide bonds. The number of aromatic nitrogens is 1. The number of rotatable bonds is 5. The smallest absolute Gasteiger partial charge is 0.0312 e. The third-order valence-electron chi connectivity index (χ3n) is 3.31. The molecule has 0 bridgehead atoms. The van der Waals surface area contributed by atoms with Crippen LogP contribution in [0.25, 0.3) is 0 Å². The molecule has 1 aromatic rings. The van der Waals surface area contributed by atoms with Crippen LogP contribution < -0.4 is 5.32 Å². The van der Waals surface area contributed by atoms with Gasteiger partial charge in [0.2, 0.25) is 0 Å². The Bertz CT molecular complexity index is 323. The van der Waals surface area contributed by atoms with Crippen LogP contribution in [0.1, 0.15) is 25.8 Å². The number of nitrogens with one attached hydrogen (secondary N) is 1. The summed E-state index contributed by atoms with van der Waals surface area (Å²) in [5, 5.41) is 3.53. The van der Waals surface area contributed by atoms with Gasteiger partial charge in [0.15, 0.2) is 0 Å². The van der Waals surface area contributed by atoms with Crippen molar-refractivity contribution in [2.24, 2.45) is 5.92 Å². The van der Waals surface area contributed by atoms with Crippen LogP contribution in [0.2, 0.25) is 0 Å². The Hall–Kier alpha value is -0.930. The van der Waals surface area contributed by atoms with E-state index in [9.17, 15) is 0 Å². The standard InChI is InChI=1S/C14H23N3/c1-12(2)16-9-14-5-7-17(11-14)10-13-4-3-6-15-8-13/h3-4,6,8,12,14,16H,5,7,9-11H2,1-2H3. The minimum atomic E-state index is 0.599. The average molecular weight is 233 g/mol. The van der Waals surface area contributed by atoms with Crippen molar-refractivity contribution in [1.29, 1.82) is 0 Å². The minimum absolute atomic E-state index is 0.599. The van der Waals surface area contributed by atoms with E-state index < -0.39 is 0 Å². The van der Waals surface area contributed by atoms with Gasteiger partial charge in [-0.2, -0.15) is 0 Å². The van der Waals surface area contributed by atoms with E-state index in [1.165, 1.54) is 25.1 Å². The molecule has 0 spiro atoms. The molecule has 2 heterocycles. The summed E-state index contributed by atoms with van der Waals surface area (Å²) in [6.07, 6.45) is 5.13. The third-order valence-corrected chi connectivity index (χ3v) is 3.31. The Morgan fingerprint density at radius 1 is 1.53 bits per heavy atom. The zero-order valence-corrected chi connectivity index (χ0v) is 10.9. The van der Waals surface area contributed by atoms with Gasteiger partial charge in [0, 0.05) is 31.5 Å². The molecule has 2 rings (SSSR count). The van der Waals surface area contributed by atoms with Crippen LogP contribution in [0, 0.1) is 5.92 Å². The highest BCUT2D eigenvalue weighted by Gasteiger charge is 2.22. The van der Waals surface area contributed by atoms with Crippen LogP contribution in [-0.4, -0.2) is 35.6 Å². The summed E-state index contributed by atoms with van der Waals surface area (Å²) in [4.78, 5) is 6.70. The molecule has 1 aromatic heterocycles. The van der Waals surface area contributed by atoms with Crippen LogP contribution in [0.5, 0.6) is 0 Å². The molecule has 1 atom stereocenters. The average Bonchev–Trinajstić information content (AvgIpc) is 2.75. The molecule has 0 radical (unpaired) electrons. The second-order valence-electron chi connectivity index (χ2n) is 5.31. The Morgan fingerprint density at radius 2 is 2.41 bits per heavy atom. The van der Waals surface area contributed by atoms with Gasteiger partial charge in [-0.05, 0) is 37.1 Å². The second kappa shape index (κ2) is 6.12. The lowest BCUT2D eigenvalue weighted by Crippen LogP contribution is -2.30. The summed E-state index contributed by atoms with van der Waals surface area (Å²) < 4.78 is 0. The maximum Gasteiger partial charge on any atom is 0.0312 e. The highest BCUT2D eigenvalue weighted by atomic mass is 15.1. The van der Waals surface area contributed by atoms with E-state index in [1.54, 1.807) is 0 Å². The lowest BCUT2D eigenvalue weighted by molar-refractivity contribution is 0.312. The van der Waals surface area contributed by atoms with Crippen LogP contribution in [-0.2, 0) is 6.54 Å². The molecular weight excluding hydrogens is 210 g/mol. The van der Waals surface area contributed by atoms with E-state index in [2.05, 4.69) is 35.1 Å². The van der Waals surface area contributed by atoms with Crippen molar-refractivity contribution in [2.45, 2.75) is 32.9 Å². The lowest BCUT2D eigenvalue weighted by Gasteiger charge is -2.17. The lowest BCUT2D eigenvalue weighted by atomic mass is 10.1. The number of pyridine rings is 1. The van der Waals surface area contributed by atoms with Gasteiger partial charge in [0.1, 0.15) is 0 Å². The van der Waals surface area contributed by atoms with Crippen molar-refractivity contribution >= 4 is 0 Å². The van der Waals surface area contributed by atoms with E-state index in [1.807, 2.05) is 18.5 Å². The number of likely N-dealkylation sites (tertiary alicyclic amines) is 1. The van der Waals surface area contributed by atoms with Crippen molar-refractivity contribution < 1.29 is 0 Å². The Labute approximate surface area is 104 Å². The summed E-state index contributed by atoms with van der Waals surface area (Å²) in [7, 11) is 0. The third kappa shape index (κ3) is 4.10. The molecule has 0 saturated carbocycles. The van der Waals surface area contributed by atoms with Crippen molar-refractivity contribution in [3.8, 4) is 0 Å². The van der Waals surface area contributed by atoms with E-state index in [0.29, 0.717) is 6.04 Å². The first kappa shape index (κ1) is 12.5. The van der Waals surface area contributed by atoms with Crippen LogP contribution >= 0.6 is 0 Å². The maximum absolute atomic E-state index is 4.17. The van der Waals surface area contributed by atoms with Crippen LogP contribution in [0.3, 0.4) is 0 Å². The predicted octanol–water partition coefficient (Wildman–Crippen LogP) is 1.90. The van der Waals surface area contributed by atoms with Crippen LogP contribution in [0.4, 0.5) is 0 Å². The molecule has 1 unspecified atom stereocenters. The van der Waals surface area contributed by atoms with Crippen LogP contribution in [0.15, 0.2) is 24.5 Å². The van der Waals surface area contributed by atoms with Crippen molar-refractivity contribution in [3.63, 3.8) is 0 Å². The Kier molecular flexibility index (Phi) is 4.51. The Morgan fingerprint density at radius 3 is 3.12 bits per heavy atom. The minimum Gasteiger partial charge on any atom is -0.314 e. The van der Waals surface area contributed by atoms with Gasteiger partial charge in [0.05, 0.1) is 0 Å². The zero-order chi connectivity index (χ0) is 12.1. The number of nitrogens with zero attached hydrogens (tertiary/aromatic N) is 2. The number of hydrogen-bond donors (Lipinski definition) is 1. The van der Waals surface area contributed by atoms with E-state index in [0.717, 1.165) is 19.0 Å². The number of hydrogen-bond acceptors (Lipinski definition) is 3. The van der Waals surface area contributed by atoms with Gasteiger partial charge < -0.3 is 5.32 Å². The normalized spacial score (nSPS) is 21.2. The fourth-order valence-electron chi connectivity index (χ4n) is 2.38. The molecule has 94 valence electrons. The molecule has 1 N–H and O–H groups in total. The maximum atomic E-state index is 4.17. The first-order valence-electron chi connectivity index (χ1n) is 6.58. The predicted molar refractivity (Wildman–Crippen MR) is 70.8 cm³/mol. The molecule has 0 aromatic carbocycles. The molecule has 3 heteroatoms. The van der Waals surface area contributed by atoms with Gasteiger partial charge in [-0.3, -0.25) is 9.88 Å². The molecular formula is C14H23N3. The molecule has 3 nitrogen and oxygen atoms in total. The first-order chi connectivity index (χ1) is 8.24. The SMILES string of the molecule is CC(C)NCC1CCN(Cc2cccnc2)C1. The van der Waals surface area contributed by atoms with Crippen molar-refractivity contribution in [3.05, 3.63) is 30.1 Å². The van der Waals surface area contributed by atoms with E-state index >= 15 is 0 Å². The molecule has 0 aliphatic carbocycles. The fraction of sp³-hybridized carbons (Fsp3) is 0.643. The molecule has 1 fully saturated rings. The highest BCUT2D eigenvalue weighted by Crippen LogP contribution is 2.17. The fourth-order valence-corrected chi connectivity index (χ4v) is 2.38. The van der Waals surface area contributed by atoms with Crippen molar-refractivity contribution in [2.75, 3.05) is 19.6 Å². The molecule has 1 aliphatic heterocycles. The monoisotopic (exact) mass is 233 g/mol. The van der Waals surface area contributed by atoms with Gasteiger partial charge in [-0.15, -0.1) is 0 Å². The summed E-state index contributed by atoms with van der Waals surface area (Å²) in [6, 6.07) is 4.78. The topological polar surface area (TPSA) is 28.2 Å². The summed E-state index contributed by atoms with van der Waals surface area (Å²) >= 11 is 0. The van der Waals surface area contributed by atoms with E-state index in [4.69, 9.17) is 0 Å². The Balaban J connectivity index is 1.74. The molecule has 1 saturated heterocycles. The summed E-state index contributed by atoms with van der Waals surface area (Å²) in [6.45, 7) is 9.06. The van der Waals surface area contributed by atoms with Gasteiger partial charge in [-0.25, -0.2) is 0 Å². The quantitative estimate of drug-likeness (QED) is 0.842. The zero-order valence-electron chi connectivity index (χ0n) is 10.9. The first-order valence-corrected chi connectivity index (χ1v) is 6.58. The van der Waals surface area contributed by atoms with Gasteiger partial charge in [0.25, 0.3) is 0 Å².